The number of nitrogens with one attached hydrogen (secondary N) is 1. The number of nitrogen functional groups attached to an aromatic ring is 1. The van der Waals surface area contributed by atoms with Crippen LogP contribution in [-0.2, 0) is 11.3 Å². The Morgan fingerprint density at radius 1 is 1.45 bits per heavy atom. The molecule has 0 fully saturated rings. The molecule has 0 bridgehead atoms. The lowest BCUT2D eigenvalue weighted by molar-refractivity contribution is 0.110. The van der Waals surface area contributed by atoms with Crippen molar-refractivity contribution in [1.29, 1.82) is 5.41 Å². The van der Waals surface area contributed by atoms with E-state index in [-0.39, 0.29) is 5.84 Å². The fourth-order valence-electron chi connectivity index (χ4n) is 2.36. The van der Waals surface area contributed by atoms with Gasteiger partial charge < -0.3 is 10.5 Å². The first kappa shape index (κ1) is 16.6. The maximum Gasteiger partial charge on any atom is 0.141 e. The highest BCUT2D eigenvalue weighted by Gasteiger charge is 2.15. The highest BCUT2D eigenvalue weighted by atomic mass is 16.5. The lowest BCUT2D eigenvalue weighted by Crippen LogP contribution is -2.36. The van der Waals surface area contributed by atoms with Gasteiger partial charge in [-0.15, -0.1) is 0 Å². The molecule has 0 amide bonds. The van der Waals surface area contributed by atoms with Crippen LogP contribution in [0.3, 0.4) is 0 Å². The molecule has 0 aliphatic rings. The summed E-state index contributed by atoms with van der Waals surface area (Å²) in [4.78, 5) is 6.52. The number of rotatable bonds is 9. The second kappa shape index (κ2) is 8.66. The largest absolute Gasteiger partial charge is 0.383 e. The van der Waals surface area contributed by atoms with E-state index in [1.54, 1.807) is 13.3 Å². The van der Waals surface area contributed by atoms with E-state index < -0.39 is 0 Å². The molecular formula is C15H26N4O. The lowest BCUT2D eigenvalue weighted by Gasteiger charge is -2.30. The Kier molecular flexibility index (Phi) is 7.18. The molecule has 0 aliphatic carbocycles. The average molecular weight is 278 g/mol. The van der Waals surface area contributed by atoms with Gasteiger partial charge in [-0.1, -0.05) is 13.8 Å². The summed E-state index contributed by atoms with van der Waals surface area (Å²) in [5.41, 5.74) is 7.17. The zero-order chi connectivity index (χ0) is 15.0. The Labute approximate surface area is 121 Å². The van der Waals surface area contributed by atoms with Gasteiger partial charge in [-0.25, -0.2) is 0 Å². The van der Waals surface area contributed by atoms with Gasteiger partial charge in [-0.05, 0) is 30.5 Å². The number of nitrogens with zero attached hydrogens (tertiary/aromatic N) is 2. The van der Waals surface area contributed by atoms with Crippen LogP contribution in [0.15, 0.2) is 18.3 Å². The molecule has 0 aliphatic heterocycles. The van der Waals surface area contributed by atoms with Gasteiger partial charge in [-0.3, -0.25) is 15.3 Å². The van der Waals surface area contributed by atoms with E-state index in [0.717, 1.165) is 38.1 Å². The molecule has 0 radical (unpaired) electrons. The molecule has 0 saturated carbocycles. The van der Waals surface area contributed by atoms with Gasteiger partial charge in [0.25, 0.3) is 0 Å². The topological polar surface area (TPSA) is 75.2 Å². The summed E-state index contributed by atoms with van der Waals surface area (Å²) in [5, 5.41) is 7.46. The van der Waals surface area contributed by atoms with Gasteiger partial charge in [0, 0.05) is 32.4 Å². The van der Waals surface area contributed by atoms with Crippen molar-refractivity contribution in [2.75, 3.05) is 20.3 Å². The van der Waals surface area contributed by atoms with Crippen LogP contribution in [0, 0.1) is 5.41 Å². The van der Waals surface area contributed by atoms with Crippen molar-refractivity contribution in [1.82, 2.24) is 9.88 Å². The molecule has 0 spiro atoms. The van der Waals surface area contributed by atoms with Crippen LogP contribution in [0.2, 0.25) is 0 Å². The first-order valence-electron chi connectivity index (χ1n) is 7.14. The minimum Gasteiger partial charge on any atom is -0.383 e. The van der Waals surface area contributed by atoms with Gasteiger partial charge in [0.1, 0.15) is 11.5 Å². The predicted molar refractivity (Wildman–Crippen MR) is 81.9 cm³/mol. The van der Waals surface area contributed by atoms with Crippen molar-refractivity contribution in [2.24, 2.45) is 5.73 Å². The summed E-state index contributed by atoms with van der Waals surface area (Å²) < 4.78 is 5.20. The molecule has 112 valence electrons. The van der Waals surface area contributed by atoms with Crippen LogP contribution in [0.5, 0.6) is 0 Å². The Hall–Kier alpha value is -1.46. The summed E-state index contributed by atoms with van der Waals surface area (Å²) in [7, 11) is 1.73. The SMILES string of the molecule is CCC(CC)N(CCOC)Cc1ccnc(C(=N)N)c1. The molecule has 0 atom stereocenters. The minimum absolute atomic E-state index is 0.0119. The normalized spacial score (nSPS) is 11.2. The smallest absolute Gasteiger partial charge is 0.141 e. The van der Waals surface area contributed by atoms with Crippen molar-refractivity contribution in [3.05, 3.63) is 29.6 Å². The molecule has 3 N–H and O–H groups in total. The summed E-state index contributed by atoms with van der Waals surface area (Å²) in [6.45, 7) is 6.88. The fraction of sp³-hybridized carbons (Fsp3) is 0.600. The Bertz CT molecular complexity index is 418. The standard InChI is InChI=1S/C15H26N4O/c1-4-13(5-2)19(8-9-20-3)11-12-6-7-18-14(10-12)15(16)17/h6-7,10,13H,4-5,8-9,11H2,1-3H3,(H3,16,17). The van der Waals surface area contributed by atoms with Gasteiger partial charge in [0.15, 0.2) is 0 Å². The second-order valence-corrected chi connectivity index (χ2v) is 4.90. The van der Waals surface area contributed by atoms with E-state index in [1.807, 2.05) is 12.1 Å². The van der Waals surface area contributed by atoms with E-state index in [0.29, 0.717) is 11.7 Å². The maximum atomic E-state index is 7.46. The lowest BCUT2D eigenvalue weighted by atomic mass is 10.1. The molecule has 1 aromatic rings. The van der Waals surface area contributed by atoms with Crippen LogP contribution in [-0.4, -0.2) is 42.0 Å². The van der Waals surface area contributed by atoms with Gasteiger partial charge in [0.05, 0.1) is 6.61 Å². The van der Waals surface area contributed by atoms with Crippen LogP contribution in [0.1, 0.15) is 37.9 Å². The number of ether oxygens (including phenoxy) is 1. The Morgan fingerprint density at radius 2 is 2.15 bits per heavy atom. The highest BCUT2D eigenvalue weighted by Crippen LogP contribution is 2.13. The number of pyridine rings is 1. The number of hydrogen-bond acceptors (Lipinski definition) is 4. The Balaban J connectivity index is 2.82. The van der Waals surface area contributed by atoms with Crippen LogP contribution in [0.4, 0.5) is 0 Å². The van der Waals surface area contributed by atoms with E-state index in [2.05, 4.69) is 23.7 Å². The molecule has 1 rings (SSSR count). The number of aromatic nitrogens is 1. The second-order valence-electron chi connectivity index (χ2n) is 4.90. The molecular weight excluding hydrogens is 252 g/mol. The molecule has 0 saturated heterocycles. The number of hydrogen-bond donors (Lipinski definition) is 2. The van der Waals surface area contributed by atoms with Crippen LogP contribution in [0.25, 0.3) is 0 Å². The molecule has 5 heteroatoms. The third kappa shape index (κ3) is 4.90. The van der Waals surface area contributed by atoms with Gasteiger partial charge in [0.2, 0.25) is 0 Å². The third-order valence-corrected chi connectivity index (χ3v) is 3.53. The molecule has 5 nitrogen and oxygen atoms in total. The maximum absolute atomic E-state index is 7.46. The monoisotopic (exact) mass is 278 g/mol. The number of nitrogens with two attached hydrogens (primary N) is 1. The summed E-state index contributed by atoms with van der Waals surface area (Å²) in [6, 6.07) is 4.41. The number of methoxy groups -OCH3 is 1. The van der Waals surface area contributed by atoms with Crippen molar-refractivity contribution >= 4 is 5.84 Å². The first-order valence-corrected chi connectivity index (χ1v) is 7.14. The minimum atomic E-state index is 0.0119. The summed E-state index contributed by atoms with van der Waals surface area (Å²) in [5.74, 6) is 0.0119. The van der Waals surface area contributed by atoms with Gasteiger partial charge in [-0.2, -0.15) is 0 Å². The quantitative estimate of drug-likeness (QED) is 0.535. The van der Waals surface area contributed by atoms with E-state index in [4.69, 9.17) is 15.9 Å². The third-order valence-electron chi connectivity index (χ3n) is 3.53. The molecule has 1 aromatic heterocycles. The van der Waals surface area contributed by atoms with Crippen molar-refractivity contribution < 1.29 is 4.74 Å². The Morgan fingerprint density at radius 3 is 2.70 bits per heavy atom. The van der Waals surface area contributed by atoms with E-state index in [9.17, 15) is 0 Å². The fourth-order valence-corrected chi connectivity index (χ4v) is 2.36. The molecule has 1 heterocycles. The molecule has 20 heavy (non-hydrogen) atoms. The predicted octanol–water partition coefficient (Wildman–Crippen LogP) is 2.00. The zero-order valence-electron chi connectivity index (χ0n) is 12.7. The zero-order valence-corrected chi connectivity index (χ0v) is 12.7. The van der Waals surface area contributed by atoms with Crippen LogP contribution >= 0.6 is 0 Å². The molecule has 0 aromatic carbocycles. The number of amidine groups is 1. The van der Waals surface area contributed by atoms with Crippen molar-refractivity contribution in [2.45, 2.75) is 39.3 Å². The van der Waals surface area contributed by atoms with Crippen molar-refractivity contribution in [3.8, 4) is 0 Å². The first-order chi connectivity index (χ1) is 9.62. The summed E-state index contributed by atoms with van der Waals surface area (Å²) >= 11 is 0. The van der Waals surface area contributed by atoms with Crippen molar-refractivity contribution in [3.63, 3.8) is 0 Å². The average Bonchev–Trinajstić information content (AvgIpc) is 2.46. The summed E-state index contributed by atoms with van der Waals surface area (Å²) in [6.07, 6.45) is 3.95. The highest BCUT2D eigenvalue weighted by molar-refractivity contribution is 5.93. The van der Waals surface area contributed by atoms with E-state index >= 15 is 0 Å². The molecule has 0 unspecified atom stereocenters. The van der Waals surface area contributed by atoms with E-state index in [1.165, 1.54) is 0 Å². The van der Waals surface area contributed by atoms with Gasteiger partial charge >= 0.3 is 0 Å². The van der Waals surface area contributed by atoms with Crippen LogP contribution < -0.4 is 5.73 Å².